The van der Waals surface area contributed by atoms with Crippen LogP contribution in [0.4, 0.5) is 4.39 Å². The van der Waals surface area contributed by atoms with Gasteiger partial charge in [0.15, 0.2) is 5.78 Å². The van der Waals surface area contributed by atoms with E-state index < -0.39 is 5.82 Å². The first-order valence-corrected chi connectivity index (χ1v) is 7.31. The SMILES string of the molecule is O=C(Cc1ccc(Cl)c(F)c1)c1ccc2c(c1)CNCC2. The van der Waals surface area contributed by atoms with E-state index in [0.717, 1.165) is 19.5 Å². The normalized spacial score (nSPS) is 13.8. The average molecular weight is 304 g/mol. The second kappa shape index (κ2) is 5.96. The second-order valence-electron chi connectivity index (χ2n) is 5.26. The summed E-state index contributed by atoms with van der Waals surface area (Å²) >= 11 is 5.65. The monoisotopic (exact) mass is 303 g/mol. The van der Waals surface area contributed by atoms with Crippen molar-refractivity contribution < 1.29 is 9.18 Å². The molecule has 0 saturated carbocycles. The van der Waals surface area contributed by atoms with Gasteiger partial charge in [0.1, 0.15) is 5.82 Å². The molecule has 2 nitrogen and oxygen atoms in total. The lowest BCUT2D eigenvalue weighted by Crippen LogP contribution is -2.23. The highest BCUT2D eigenvalue weighted by Gasteiger charge is 2.13. The zero-order valence-corrected chi connectivity index (χ0v) is 12.2. The Balaban J connectivity index is 1.80. The fraction of sp³-hybridized carbons (Fsp3) is 0.235. The molecule has 0 amide bonds. The van der Waals surface area contributed by atoms with E-state index in [1.807, 2.05) is 18.2 Å². The third-order valence-corrected chi connectivity index (χ3v) is 4.07. The highest BCUT2D eigenvalue weighted by molar-refractivity contribution is 6.30. The second-order valence-corrected chi connectivity index (χ2v) is 5.67. The summed E-state index contributed by atoms with van der Waals surface area (Å²) in [5, 5.41) is 3.37. The number of benzene rings is 2. The number of fused-ring (bicyclic) bond motifs is 1. The van der Waals surface area contributed by atoms with Crippen molar-refractivity contribution in [3.63, 3.8) is 0 Å². The van der Waals surface area contributed by atoms with Gasteiger partial charge in [-0.2, -0.15) is 0 Å². The molecule has 1 N–H and O–H groups in total. The molecule has 0 aliphatic carbocycles. The molecular weight excluding hydrogens is 289 g/mol. The Morgan fingerprint density at radius 2 is 2.05 bits per heavy atom. The molecule has 1 aliphatic heterocycles. The number of carbonyl (C=O) groups excluding carboxylic acids is 1. The van der Waals surface area contributed by atoms with Gasteiger partial charge in [0.05, 0.1) is 5.02 Å². The summed E-state index contributed by atoms with van der Waals surface area (Å²) in [5.74, 6) is -0.498. The number of carbonyl (C=O) groups is 1. The number of nitrogens with one attached hydrogen (secondary N) is 1. The minimum absolute atomic E-state index is 0.00917. The van der Waals surface area contributed by atoms with Crippen molar-refractivity contribution in [2.24, 2.45) is 0 Å². The maximum absolute atomic E-state index is 13.4. The highest BCUT2D eigenvalue weighted by atomic mass is 35.5. The predicted octanol–water partition coefficient (Wildman–Crippen LogP) is 3.55. The summed E-state index contributed by atoms with van der Waals surface area (Å²) in [7, 11) is 0. The molecule has 0 fully saturated rings. The van der Waals surface area contributed by atoms with Crippen LogP contribution in [0.2, 0.25) is 5.02 Å². The molecule has 0 atom stereocenters. The van der Waals surface area contributed by atoms with Gasteiger partial charge in [-0.3, -0.25) is 4.79 Å². The lowest BCUT2D eigenvalue weighted by Gasteiger charge is -2.17. The third-order valence-electron chi connectivity index (χ3n) is 3.76. The van der Waals surface area contributed by atoms with Crippen LogP contribution in [0.15, 0.2) is 36.4 Å². The van der Waals surface area contributed by atoms with E-state index in [2.05, 4.69) is 5.32 Å². The van der Waals surface area contributed by atoms with Gasteiger partial charge in [-0.15, -0.1) is 0 Å². The Labute approximate surface area is 127 Å². The minimum atomic E-state index is -0.489. The van der Waals surface area contributed by atoms with Crippen LogP contribution in [0, 0.1) is 5.82 Å². The maximum Gasteiger partial charge on any atom is 0.167 e. The van der Waals surface area contributed by atoms with Crippen molar-refractivity contribution in [2.45, 2.75) is 19.4 Å². The molecule has 0 unspecified atom stereocenters. The molecule has 0 saturated heterocycles. The van der Waals surface area contributed by atoms with E-state index in [4.69, 9.17) is 11.6 Å². The third kappa shape index (κ3) is 3.14. The fourth-order valence-electron chi connectivity index (χ4n) is 2.59. The number of Topliss-reactive ketones (excluding diaryl/α,β-unsaturated/α-hetero) is 1. The average Bonchev–Trinajstić information content (AvgIpc) is 2.50. The Kier molecular flexibility index (Phi) is 4.04. The van der Waals surface area contributed by atoms with Crippen LogP contribution in [0.5, 0.6) is 0 Å². The smallest absolute Gasteiger partial charge is 0.167 e. The van der Waals surface area contributed by atoms with Crippen molar-refractivity contribution in [1.29, 1.82) is 0 Å². The van der Waals surface area contributed by atoms with Gasteiger partial charge in [-0.05, 0) is 47.9 Å². The molecule has 0 spiro atoms. The van der Waals surface area contributed by atoms with Crippen LogP contribution in [0.25, 0.3) is 0 Å². The summed E-state index contributed by atoms with van der Waals surface area (Å²) in [6.07, 6.45) is 1.17. The topological polar surface area (TPSA) is 29.1 Å². The summed E-state index contributed by atoms with van der Waals surface area (Å²) < 4.78 is 13.4. The first kappa shape index (κ1) is 14.2. The van der Waals surface area contributed by atoms with Crippen molar-refractivity contribution >= 4 is 17.4 Å². The lowest BCUT2D eigenvalue weighted by atomic mass is 9.95. The van der Waals surface area contributed by atoms with E-state index in [1.165, 1.54) is 23.3 Å². The molecule has 3 rings (SSSR count). The first-order valence-electron chi connectivity index (χ1n) is 6.93. The maximum atomic E-state index is 13.4. The van der Waals surface area contributed by atoms with Crippen LogP contribution < -0.4 is 5.32 Å². The molecule has 0 bridgehead atoms. The van der Waals surface area contributed by atoms with Crippen LogP contribution in [-0.2, 0) is 19.4 Å². The molecule has 0 radical (unpaired) electrons. The lowest BCUT2D eigenvalue weighted by molar-refractivity contribution is 0.0993. The zero-order chi connectivity index (χ0) is 14.8. The Morgan fingerprint density at radius 3 is 2.86 bits per heavy atom. The van der Waals surface area contributed by atoms with Gasteiger partial charge in [-0.1, -0.05) is 29.8 Å². The summed E-state index contributed by atoms with van der Waals surface area (Å²) in [5.41, 5.74) is 3.78. The zero-order valence-electron chi connectivity index (χ0n) is 11.5. The molecule has 2 aromatic rings. The van der Waals surface area contributed by atoms with Crippen molar-refractivity contribution in [3.8, 4) is 0 Å². The van der Waals surface area contributed by atoms with Gasteiger partial charge >= 0.3 is 0 Å². The Morgan fingerprint density at radius 1 is 1.19 bits per heavy atom. The first-order chi connectivity index (χ1) is 10.1. The van der Waals surface area contributed by atoms with Gasteiger partial charge in [0.25, 0.3) is 0 Å². The van der Waals surface area contributed by atoms with E-state index in [1.54, 1.807) is 6.07 Å². The van der Waals surface area contributed by atoms with Gasteiger partial charge in [-0.25, -0.2) is 4.39 Å². The van der Waals surface area contributed by atoms with E-state index in [-0.39, 0.29) is 17.2 Å². The highest BCUT2D eigenvalue weighted by Crippen LogP contribution is 2.19. The van der Waals surface area contributed by atoms with E-state index in [9.17, 15) is 9.18 Å². The summed E-state index contributed by atoms with van der Waals surface area (Å²) in [6.45, 7) is 1.77. The largest absolute Gasteiger partial charge is 0.312 e. The van der Waals surface area contributed by atoms with Crippen LogP contribution in [0.3, 0.4) is 0 Å². The number of halogens is 2. The molecule has 1 heterocycles. The minimum Gasteiger partial charge on any atom is -0.312 e. The Hall–Kier alpha value is -1.71. The molecule has 2 aromatic carbocycles. The van der Waals surface area contributed by atoms with Gasteiger partial charge in [0.2, 0.25) is 0 Å². The fourth-order valence-corrected chi connectivity index (χ4v) is 2.71. The number of rotatable bonds is 3. The molecule has 0 aromatic heterocycles. The predicted molar refractivity (Wildman–Crippen MR) is 81.3 cm³/mol. The van der Waals surface area contributed by atoms with Crippen LogP contribution >= 0.6 is 11.6 Å². The van der Waals surface area contributed by atoms with E-state index >= 15 is 0 Å². The molecular formula is C17H15ClFNO. The number of hydrogen-bond acceptors (Lipinski definition) is 2. The molecule has 21 heavy (non-hydrogen) atoms. The van der Waals surface area contributed by atoms with E-state index in [0.29, 0.717) is 11.1 Å². The van der Waals surface area contributed by atoms with Crippen molar-refractivity contribution in [3.05, 3.63) is 69.5 Å². The summed E-state index contributed by atoms with van der Waals surface area (Å²) in [6, 6.07) is 10.3. The molecule has 4 heteroatoms. The Bertz CT molecular complexity index is 699. The van der Waals surface area contributed by atoms with Gasteiger partial charge < -0.3 is 5.32 Å². The van der Waals surface area contributed by atoms with Crippen molar-refractivity contribution in [1.82, 2.24) is 5.32 Å². The quantitative estimate of drug-likeness (QED) is 0.879. The number of hydrogen-bond donors (Lipinski definition) is 1. The standard InChI is InChI=1S/C17H15ClFNO/c18-15-4-1-11(7-16(15)19)8-17(21)13-3-2-12-5-6-20-10-14(12)9-13/h1-4,7,9,20H,5-6,8,10H2. The van der Waals surface area contributed by atoms with Gasteiger partial charge in [0, 0.05) is 18.5 Å². The van der Waals surface area contributed by atoms with Crippen molar-refractivity contribution in [2.75, 3.05) is 6.54 Å². The van der Waals surface area contributed by atoms with Crippen LogP contribution in [-0.4, -0.2) is 12.3 Å². The molecule has 1 aliphatic rings. The number of ketones is 1. The van der Waals surface area contributed by atoms with Crippen LogP contribution in [0.1, 0.15) is 27.0 Å². The summed E-state index contributed by atoms with van der Waals surface area (Å²) in [4.78, 5) is 12.3. The molecule has 108 valence electrons.